The van der Waals surface area contributed by atoms with Crippen LogP contribution in [0.15, 0.2) is 24.5 Å². The van der Waals surface area contributed by atoms with Crippen LogP contribution in [0.3, 0.4) is 0 Å². The molecule has 1 atom stereocenters. The fourth-order valence-corrected chi connectivity index (χ4v) is 1.44. The summed E-state index contributed by atoms with van der Waals surface area (Å²) in [5.74, 6) is 0.248. The average molecular weight is 222 g/mol. The van der Waals surface area contributed by atoms with Gasteiger partial charge < -0.3 is 10.4 Å². The summed E-state index contributed by atoms with van der Waals surface area (Å²) >= 11 is 0. The van der Waals surface area contributed by atoms with Crippen LogP contribution in [-0.4, -0.2) is 28.6 Å². The molecule has 1 rings (SSSR count). The van der Waals surface area contributed by atoms with Gasteiger partial charge in [-0.05, 0) is 24.5 Å². The molecular weight excluding hydrogens is 204 g/mol. The van der Waals surface area contributed by atoms with Crippen molar-refractivity contribution < 1.29 is 9.90 Å². The van der Waals surface area contributed by atoms with Gasteiger partial charge in [-0.25, -0.2) is 0 Å². The van der Waals surface area contributed by atoms with Crippen LogP contribution in [0.4, 0.5) is 0 Å². The van der Waals surface area contributed by atoms with E-state index in [-0.39, 0.29) is 5.91 Å². The molecule has 0 fully saturated rings. The standard InChI is InChI=1S/C12H18N2O2/c1-9(2)7-11(15)8-14-12(16)10-3-5-13-6-4-10/h3-6,9,11,15H,7-8H2,1-2H3,(H,14,16)/t11-/m1/s1. The van der Waals surface area contributed by atoms with Gasteiger partial charge in [-0.2, -0.15) is 0 Å². The smallest absolute Gasteiger partial charge is 0.251 e. The summed E-state index contributed by atoms with van der Waals surface area (Å²) in [5.41, 5.74) is 0.562. The molecule has 0 unspecified atom stereocenters. The highest BCUT2D eigenvalue weighted by Crippen LogP contribution is 2.03. The second-order valence-electron chi connectivity index (χ2n) is 4.23. The van der Waals surface area contributed by atoms with E-state index >= 15 is 0 Å². The van der Waals surface area contributed by atoms with Gasteiger partial charge in [0.2, 0.25) is 0 Å². The van der Waals surface area contributed by atoms with E-state index in [0.29, 0.717) is 24.4 Å². The highest BCUT2D eigenvalue weighted by Gasteiger charge is 2.09. The number of aliphatic hydroxyl groups is 1. The molecule has 0 aliphatic rings. The van der Waals surface area contributed by atoms with E-state index in [1.807, 2.05) is 13.8 Å². The zero-order chi connectivity index (χ0) is 12.0. The number of nitrogens with zero attached hydrogens (tertiary/aromatic N) is 1. The molecule has 0 aliphatic heterocycles. The Morgan fingerprint density at radius 2 is 2.06 bits per heavy atom. The van der Waals surface area contributed by atoms with E-state index in [1.54, 1.807) is 24.5 Å². The van der Waals surface area contributed by atoms with Crippen LogP contribution in [0.25, 0.3) is 0 Å². The number of nitrogens with one attached hydrogen (secondary N) is 1. The largest absolute Gasteiger partial charge is 0.391 e. The van der Waals surface area contributed by atoms with Crippen molar-refractivity contribution in [1.82, 2.24) is 10.3 Å². The zero-order valence-electron chi connectivity index (χ0n) is 9.68. The van der Waals surface area contributed by atoms with Gasteiger partial charge in [0.1, 0.15) is 0 Å². The van der Waals surface area contributed by atoms with Crippen molar-refractivity contribution >= 4 is 5.91 Å². The van der Waals surface area contributed by atoms with Gasteiger partial charge in [-0.1, -0.05) is 13.8 Å². The van der Waals surface area contributed by atoms with Crippen molar-refractivity contribution in [3.05, 3.63) is 30.1 Å². The van der Waals surface area contributed by atoms with E-state index in [2.05, 4.69) is 10.3 Å². The maximum absolute atomic E-state index is 11.6. The van der Waals surface area contributed by atoms with E-state index in [0.717, 1.165) is 0 Å². The molecule has 1 heterocycles. The number of carbonyl (C=O) groups is 1. The number of rotatable bonds is 5. The van der Waals surface area contributed by atoms with Gasteiger partial charge >= 0.3 is 0 Å². The molecule has 88 valence electrons. The Morgan fingerprint density at radius 1 is 1.44 bits per heavy atom. The minimum Gasteiger partial charge on any atom is -0.391 e. The van der Waals surface area contributed by atoms with Crippen LogP contribution in [-0.2, 0) is 0 Å². The lowest BCUT2D eigenvalue weighted by molar-refractivity contribution is 0.0900. The average Bonchev–Trinajstić information content (AvgIpc) is 2.26. The van der Waals surface area contributed by atoms with Crippen LogP contribution < -0.4 is 5.32 Å². The van der Waals surface area contributed by atoms with Crippen LogP contribution >= 0.6 is 0 Å². The molecule has 1 aromatic heterocycles. The summed E-state index contributed by atoms with van der Waals surface area (Å²) in [7, 11) is 0. The molecule has 0 saturated heterocycles. The number of amides is 1. The molecule has 0 spiro atoms. The lowest BCUT2D eigenvalue weighted by Gasteiger charge is -2.13. The van der Waals surface area contributed by atoms with Gasteiger partial charge in [0.05, 0.1) is 6.10 Å². The number of pyridine rings is 1. The van der Waals surface area contributed by atoms with Crippen molar-refractivity contribution in [1.29, 1.82) is 0 Å². The third-order valence-electron chi connectivity index (χ3n) is 2.18. The predicted molar refractivity (Wildman–Crippen MR) is 62.0 cm³/mol. The lowest BCUT2D eigenvalue weighted by atomic mass is 10.1. The first-order valence-corrected chi connectivity index (χ1v) is 5.46. The molecule has 2 N–H and O–H groups in total. The molecular formula is C12H18N2O2. The maximum atomic E-state index is 11.6. The maximum Gasteiger partial charge on any atom is 0.251 e. The molecule has 0 saturated carbocycles. The van der Waals surface area contributed by atoms with Gasteiger partial charge in [-0.15, -0.1) is 0 Å². The van der Waals surface area contributed by atoms with E-state index < -0.39 is 6.10 Å². The molecule has 0 bridgehead atoms. The summed E-state index contributed by atoms with van der Waals surface area (Å²) in [6.45, 7) is 4.36. The SMILES string of the molecule is CC(C)C[C@@H](O)CNC(=O)c1ccncc1. The normalized spacial score (nSPS) is 12.5. The Bertz CT molecular complexity index is 325. The fraction of sp³-hybridized carbons (Fsp3) is 0.500. The van der Waals surface area contributed by atoms with E-state index in [4.69, 9.17) is 0 Å². The van der Waals surface area contributed by atoms with Crippen molar-refractivity contribution in [2.75, 3.05) is 6.54 Å². The molecule has 1 aromatic rings. The lowest BCUT2D eigenvalue weighted by Crippen LogP contribution is -2.32. The molecule has 0 aromatic carbocycles. The number of carbonyl (C=O) groups excluding carboxylic acids is 1. The Morgan fingerprint density at radius 3 is 2.62 bits per heavy atom. The van der Waals surface area contributed by atoms with Gasteiger partial charge in [0.15, 0.2) is 0 Å². The third kappa shape index (κ3) is 4.40. The predicted octanol–water partition coefficient (Wildman–Crippen LogP) is 1.22. The van der Waals surface area contributed by atoms with Crippen LogP contribution in [0.2, 0.25) is 0 Å². The summed E-state index contributed by atoms with van der Waals surface area (Å²) in [4.78, 5) is 15.4. The van der Waals surface area contributed by atoms with Crippen molar-refractivity contribution in [3.63, 3.8) is 0 Å². The van der Waals surface area contributed by atoms with E-state index in [1.165, 1.54) is 0 Å². The van der Waals surface area contributed by atoms with Gasteiger partial charge in [0, 0.05) is 24.5 Å². The van der Waals surface area contributed by atoms with Gasteiger partial charge in [0.25, 0.3) is 5.91 Å². The number of hydrogen-bond donors (Lipinski definition) is 2. The highest BCUT2D eigenvalue weighted by molar-refractivity contribution is 5.93. The van der Waals surface area contributed by atoms with Gasteiger partial charge in [-0.3, -0.25) is 9.78 Å². The second kappa shape index (κ2) is 6.23. The zero-order valence-corrected chi connectivity index (χ0v) is 9.68. The minimum absolute atomic E-state index is 0.176. The first-order chi connectivity index (χ1) is 7.59. The highest BCUT2D eigenvalue weighted by atomic mass is 16.3. The quantitative estimate of drug-likeness (QED) is 0.787. The molecule has 16 heavy (non-hydrogen) atoms. The fourth-order valence-electron chi connectivity index (χ4n) is 1.44. The molecule has 0 aliphatic carbocycles. The molecule has 0 radical (unpaired) electrons. The first kappa shape index (κ1) is 12.6. The topological polar surface area (TPSA) is 62.2 Å². The van der Waals surface area contributed by atoms with Crippen LogP contribution in [0.1, 0.15) is 30.6 Å². The summed E-state index contributed by atoms with van der Waals surface area (Å²) in [5, 5.41) is 12.3. The van der Waals surface area contributed by atoms with Crippen LogP contribution in [0, 0.1) is 5.92 Å². The monoisotopic (exact) mass is 222 g/mol. The molecule has 1 amide bonds. The summed E-state index contributed by atoms with van der Waals surface area (Å²) in [6, 6.07) is 3.29. The first-order valence-electron chi connectivity index (χ1n) is 5.46. The van der Waals surface area contributed by atoms with Crippen molar-refractivity contribution in [2.45, 2.75) is 26.4 Å². The Balaban J connectivity index is 2.36. The van der Waals surface area contributed by atoms with Crippen molar-refractivity contribution in [3.8, 4) is 0 Å². The van der Waals surface area contributed by atoms with Crippen LogP contribution in [0.5, 0.6) is 0 Å². The Hall–Kier alpha value is -1.42. The Kier molecular flexibility index (Phi) is 4.92. The summed E-state index contributed by atoms with van der Waals surface area (Å²) < 4.78 is 0. The third-order valence-corrected chi connectivity index (χ3v) is 2.18. The molecule has 4 nitrogen and oxygen atoms in total. The second-order valence-corrected chi connectivity index (χ2v) is 4.23. The molecule has 4 heteroatoms. The number of hydrogen-bond acceptors (Lipinski definition) is 3. The number of aliphatic hydroxyl groups excluding tert-OH is 1. The number of aromatic nitrogens is 1. The Labute approximate surface area is 95.7 Å². The van der Waals surface area contributed by atoms with Crippen molar-refractivity contribution in [2.24, 2.45) is 5.92 Å². The van der Waals surface area contributed by atoms with E-state index in [9.17, 15) is 9.90 Å². The minimum atomic E-state index is -0.481. The summed E-state index contributed by atoms with van der Waals surface area (Å²) in [6.07, 6.45) is 3.35.